The number of nitroso groups, excluding NO2 is 1. The van der Waals surface area contributed by atoms with Crippen LogP contribution in [0.15, 0.2) is 23.4 Å². The SMILES string of the molecule is COc1cc(N=O)c2[nH]c(C(=O)O)cc2c1. The number of aromatic nitrogens is 1. The molecule has 6 nitrogen and oxygen atoms in total. The Bertz CT molecular complexity index is 573. The lowest BCUT2D eigenvalue weighted by Crippen LogP contribution is -1.94. The number of fused-ring (bicyclic) bond motifs is 1. The van der Waals surface area contributed by atoms with Gasteiger partial charge in [-0.25, -0.2) is 4.79 Å². The van der Waals surface area contributed by atoms with Crippen molar-refractivity contribution < 1.29 is 14.6 Å². The molecule has 1 aromatic heterocycles. The number of rotatable bonds is 3. The average Bonchev–Trinajstić information content (AvgIpc) is 2.71. The summed E-state index contributed by atoms with van der Waals surface area (Å²) in [7, 11) is 1.46. The van der Waals surface area contributed by atoms with Crippen molar-refractivity contribution in [1.29, 1.82) is 0 Å². The van der Waals surface area contributed by atoms with Gasteiger partial charge in [0, 0.05) is 11.5 Å². The molecule has 0 saturated carbocycles. The summed E-state index contributed by atoms with van der Waals surface area (Å²) in [5, 5.41) is 12.2. The summed E-state index contributed by atoms with van der Waals surface area (Å²) in [6.45, 7) is 0. The Morgan fingerprint density at radius 3 is 2.75 bits per heavy atom. The number of nitrogens with one attached hydrogen (secondary N) is 1. The zero-order valence-electron chi connectivity index (χ0n) is 8.35. The maximum absolute atomic E-state index is 10.8. The first-order valence-electron chi connectivity index (χ1n) is 4.43. The minimum atomic E-state index is -1.09. The van der Waals surface area contributed by atoms with E-state index in [-0.39, 0.29) is 11.4 Å². The van der Waals surface area contributed by atoms with Gasteiger partial charge in [-0.3, -0.25) is 0 Å². The van der Waals surface area contributed by atoms with Crippen LogP contribution in [0, 0.1) is 4.91 Å². The lowest BCUT2D eigenvalue weighted by Gasteiger charge is -2.00. The van der Waals surface area contributed by atoms with E-state index in [1.165, 1.54) is 19.2 Å². The first-order chi connectivity index (χ1) is 7.65. The molecule has 2 rings (SSSR count). The number of aromatic amines is 1. The van der Waals surface area contributed by atoms with E-state index in [1.54, 1.807) is 6.07 Å². The van der Waals surface area contributed by atoms with Gasteiger partial charge >= 0.3 is 5.97 Å². The summed E-state index contributed by atoms with van der Waals surface area (Å²) in [6.07, 6.45) is 0. The van der Waals surface area contributed by atoms with E-state index in [1.807, 2.05) is 0 Å². The number of hydrogen-bond acceptors (Lipinski definition) is 4. The second kappa shape index (κ2) is 3.65. The monoisotopic (exact) mass is 220 g/mol. The van der Waals surface area contributed by atoms with E-state index < -0.39 is 5.97 Å². The Balaban J connectivity index is 2.74. The number of carbonyl (C=O) groups is 1. The van der Waals surface area contributed by atoms with Crippen molar-refractivity contribution in [3.8, 4) is 5.75 Å². The fourth-order valence-electron chi connectivity index (χ4n) is 1.50. The Morgan fingerprint density at radius 1 is 1.44 bits per heavy atom. The molecule has 16 heavy (non-hydrogen) atoms. The standard InChI is InChI=1S/C10H8N2O4/c1-16-6-2-5-3-8(10(13)14)11-9(5)7(4-6)12-15/h2-4,11H,1H3,(H,13,14). The molecule has 0 bridgehead atoms. The number of hydrogen-bond donors (Lipinski definition) is 2. The van der Waals surface area contributed by atoms with E-state index in [2.05, 4.69) is 10.2 Å². The van der Waals surface area contributed by atoms with Gasteiger partial charge < -0.3 is 14.8 Å². The van der Waals surface area contributed by atoms with E-state index >= 15 is 0 Å². The molecular weight excluding hydrogens is 212 g/mol. The van der Waals surface area contributed by atoms with Crippen LogP contribution in [0.3, 0.4) is 0 Å². The van der Waals surface area contributed by atoms with Gasteiger partial charge in [-0.2, -0.15) is 0 Å². The van der Waals surface area contributed by atoms with Gasteiger partial charge in [0.1, 0.15) is 17.1 Å². The van der Waals surface area contributed by atoms with Crippen molar-refractivity contribution in [1.82, 2.24) is 4.98 Å². The minimum Gasteiger partial charge on any atom is -0.497 e. The first-order valence-corrected chi connectivity index (χ1v) is 4.43. The number of aromatic carboxylic acids is 1. The predicted molar refractivity (Wildman–Crippen MR) is 57.3 cm³/mol. The maximum Gasteiger partial charge on any atom is 0.352 e. The number of carboxylic acid groups (broad SMARTS) is 1. The van der Waals surface area contributed by atoms with Crippen LogP contribution in [0.1, 0.15) is 10.5 Å². The second-order valence-corrected chi connectivity index (χ2v) is 3.19. The molecule has 0 aliphatic carbocycles. The van der Waals surface area contributed by atoms with Crippen LogP contribution in [-0.4, -0.2) is 23.2 Å². The van der Waals surface area contributed by atoms with Crippen molar-refractivity contribution in [2.24, 2.45) is 5.18 Å². The molecule has 0 spiro atoms. The van der Waals surface area contributed by atoms with Crippen molar-refractivity contribution in [2.75, 3.05) is 7.11 Å². The number of H-pyrrole nitrogens is 1. The molecule has 1 heterocycles. The van der Waals surface area contributed by atoms with Crippen LogP contribution >= 0.6 is 0 Å². The molecule has 0 radical (unpaired) electrons. The zero-order chi connectivity index (χ0) is 11.7. The third-order valence-electron chi connectivity index (χ3n) is 2.25. The van der Waals surface area contributed by atoms with Gasteiger partial charge in [0.2, 0.25) is 0 Å². The summed E-state index contributed by atoms with van der Waals surface area (Å²) in [6, 6.07) is 4.50. The highest BCUT2D eigenvalue weighted by Gasteiger charge is 2.12. The summed E-state index contributed by atoms with van der Waals surface area (Å²) >= 11 is 0. The second-order valence-electron chi connectivity index (χ2n) is 3.19. The Hall–Kier alpha value is -2.37. The van der Waals surface area contributed by atoms with E-state index in [4.69, 9.17) is 9.84 Å². The van der Waals surface area contributed by atoms with Crippen molar-refractivity contribution in [3.05, 3.63) is 28.8 Å². The maximum atomic E-state index is 10.8. The van der Waals surface area contributed by atoms with Crippen LogP contribution in [0.2, 0.25) is 0 Å². The lowest BCUT2D eigenvalue weighted by molar-refractivity contribution is 0.0691. The largest absolute Gasteiger partial charge is 0.497 e. The Morgan fingerprint density at radius 2 is 2.19 bits per heavy atom. The average molecular weight is 220 g/mol. The summed E-state index contributed by atoms with van der Waals surface area (Å²) < 4.78 is 4.97. The molecule has 0 aliphatic rings. The summed E-state index contributed by atoms with van der Waals surface area (Å²) in [5.41, 5.74) is 0.531. The van der Waals surface area contributed by atoms with Crippen LogP contribution in [0.4, 0.5) is 5.69 Å². The van der Waals surface area contributed by atoms with Crippen molar-refractivity contribution in [2.45, 2.75) is 0 Å². The predicted octanol–water partition coefficient (Wildman–Crippen LogP) is 2.27. The lowest BCUT2D eigenvalue weighted by atomic mass is 10.2. The number of methoxy groups -OCH3 is 1. The first kappa shape index (κ1) is 10.2. The van der Waals surface area contributed by atoms with E-state index in [0.29, 0.717) is 16.7 Å². The van der Waals surface area contributed by atoms with Gasteiger partial charge in [0.15, 0.2) is 0 Å². The molecule has 0 saturated heterocycles. The molecule has 0 fully saturated rings. The molecule has 0 amide bonds. The summed E-state index contributed by atoms with van der Waals surface area (Å²) in [4.78, 5) is 24.0. The van der Waals surface area contributed by atoms with Crippen molar-refractivity contribution in [3.63, 3.8) is 0 Å². The number of carboxylic acids is 1. The molecule has 1 aromatic carbocycles. The fourth-order valence-corrected chi connectivity index (χ4v) is 1.50. The minimum absolute atomic E-state index is 0.00755. The van der Waals surface area contributed by atoms with E-state index in [0.717, 1.165) is 0 Å². The third kappa shape index (κ3) is 1.50. The van der Waals surface area contributed by atoms with Gasteiger partial charge in [0.25, 0.3) is 0 Å². The van der Waals surface area contributed by atoms with Gasteiger partial charge in [-0.15, -0.1) is 4.91 Å². The highest BCUT2D eigenvalue weighted by Crippen LogP contribution is 2.31. The number of benzene rings is 1. The van der Waals surface area contributed by atoms with Gasteiger partial charge in [0.05, 0.1) is 12.6 Å². The highest BCUT2D eigenvalue weighted by molar-refractivity contribution is 5.98. The summed E-state index contributed by atoms with van der Waals surface area (Å²) in [5.74, 6) is -0.634. The van der Waals surface area contributed by atoms with Crippen LogP contribution < -0.4 is 4.74 Å². The fraction of sp³-hybridized carbons (Fsp3) is 0.100. The Labute approximate surface area is 89.8 Å². The normalized spacial score (nSPS) is 10.3. The smallest absolute Gasteiger partial charge is 0.352 e. The number of ether oxygens (including phenoxy) is 1. The highest BCUT2D eigenvalue weighted by atomic mass is 16.5. The zero-order valence-corrected chi connectivity index (χ0v) is 8.35. The molecule has 0 unspecified atom stereocenters. The van der Waals surface area contributed by atoms with Gasteiger partial charge in [-0.05, 0) is 17.3 Å². The molecule has 0 atom stereocenters. The molecule has 0 aliphatic heterocycles. The van der Waals surface area contributed by atoms with Gasteiger partial charge in [-0.1, -0.05) is 0 Å². The molecule has 2 aromatic rings. The van der Waals surface area contributed by atoms with Crippen LogP contribution in [-0.2, 0) is 0 Å². The molecule has 2 N–H and O–H groups in total. The van der Waals surface area contributed by atoms with Crippen LogP contribution in [0.5, 0.6) is 5.75 Å². The quantitative estimate of drug-likeness (QED) is 0.776. The van der Waals surface area contributed by atoms with Crippen molar-refractivity contribution >= 4 is 22.6 Å². The number of nitrogens with zero attached hydrogens (tertiary/aromatic N) is 1. The van der Waals surface area contributed by atoms with E-state index in [9.17, 15) is 9.70 Å². The molecular formula is C10H8N2O4. The molecule has 6 heteroatoms. The van der Waals surface area contributed by atoms with Crippen LogP contribution in [0.25, 0.3) is 10.9 Å². The molecule has 82 valence electrons. The topological polar surface area (TPSA) is 91.8 Å². The Kier molecular flexibility index (Phi) is 2.32. The third-order valence-corrected chi connectivity index (χ3v) is 2.25.